The van der Waals surface area contributed by atoms with Crippen LogP contribution in [0.25, 0.3) is 0 Å². The summed E-state index contributed by atoms with van der Waals surface area (Å²) in [7, 11) is 0. The van der Waals surface area contributed by atoms with Crippen LogP contribution in [0.15, 0.2) is 42.5 Å². The van der Waals surface area contributed by atoms with E-state index in [4.69, 9.17) is 23.2 Å². The van der Waals surface area contributed by atoms with Crippen molar-refractivity contribution in [3.8, 4) is 0 Å². The predicted octanol–water partition coefficient (Wildman–Crippen LogP) is 4.51. The molecule has 0 radical (unpaired) electrons. The number of hydrogen-bond acceptors (Lipinski definition) is 1. The van der Waals surface area contributed by atoms with Crippen LogP contribution >= 0.6 is 23.2 Å². The first-order chi connectivity index (χ1) is 10.6. The summed E-state index contributed by atoms with van der Waals surface area (Å²) in [5.74, 6) is 0.195. The average molecular weight is 334 g/mol. The van der Waals surface area contributed by atoms with E-state index in [1.54, 1.807) is 6.07 Å². The van der Waals surface area contributed by atoms with Gasteiger partial charge in [0.15, 0.2) is 0 Å². The molecule has 0 N–H and O–H groups in total. The van der Waals surface area contributed by atoms with Gasteiger partial charge in [-0.3, -0.25) is 4.79 Å². The van der Waals surface area contributed by atoms with Gasteiger partial charge in [0, 0.05) is 19.5 Å². The van der Waals surface area contributed by atoms with Crippen LogP contribution in [0.4, 0.5) is 0 Å². The van der Waals surface area contributed by atoms with Crippen molar-refractivity contribution in [3.63, 3.8) is 0 Å². The lowest BCUT2D eigenvalue weighted by Crippen LogP contribution is -2.36. The van der Waals surface area contributed by atoms with Gasteiger partial charge in [-0.05, 0) is 41.7 Å². The van der Waals surface area contributed by atoms with Gasteiger partial charge in [-0.25, -0.2) is 0 Å². The summed E-state index contributed by atoms with van der Waals surface area (Å²) in [6, 6.07) is 13.9. The highest BCUT2D eigenvalue weighted by atomic mass is 35.5. The van der Waals surface area contributed by atoms with E-state index >= 15 is 0 Å². The van der Waals surface area contributed by atoms with Crippen molar-refractivity contribution < 1.29 is 4.79 Å². The highest BCUT2D eigenvalue weighted by Crippen LogP contribution is 2.24. The molecule has 1 aliphatic heterocycles. The fraction of sp³-hybridized carbons (Fsp3) is 0.278. The minimum Gasteiger partial charge on any atom is -0.338 e. The highest BCUT2D eigenvalue weighted by molar-refractivity contribution is 6.42. The molecule has 0 atom stereocenters. The van der Waals surface area contributed by atoms with Crippen LogP contribution in [0.3, 0.4) is 0 Å². The summed E-state index contributed by atoms with van der Waals surface area (Å²) < 4.78 is 0. The fourth-order valence-corrected chi connectivity index (χ4v) is 3.13. The number of aryl methyl sites for hydroxylation is 1. The van der Waals surface area contributed by atoms with Gasteiger partial charge in [0.2, 0.25) is 5.91 Å². The van der Waals surface area contributed by atoms with Gasteiger partial charge in [-0.2, -0.15) is 0 Å². The van der Waals surface area contributed by atoms with Gasteiger partial charge in [0.05, 0.1) is 10.0 Å². The van der Waals surface area contributed by atoms with E-state index in [2.05, 4.69) is 18.2 Å². The van der Waals surface area contributed by atoms with E-state index in [1.165, 1.54) is 11.1 Å². The van der Waals surface area contributed by atoms with Crippen molar-refractivity contribution >= 4 is 29.1 Å². The lowest BCUT2D eigenvalue weighted by atomic mass is 9.99. The van der Waals surface area contributed by atoms with E-state index in [0.29, 0.717) is 22.9 Å². The Kier molecular flexibility index (Phi) is 4.70. The molecule has 0 fully saturated rings. The maximum absolute atomic E-state index is 12.4. The van der Waals surface area contributed by atoms with Crippen LogP contribution in [0.5, 0.6) is 0 Å². The molecule has 1 heterocycles. The molecule has 0 bridgehead atoms. The molecule has 0 saturated carbocycles. The zero-order valence-corrected chi connectivity index (χ0v) is 13.7. The van der Waals surface area contributed by atoms with Gasteiger partial charge in [-0.1, -0.05) is 53.5 Å². The lowest BCUT2D eigenvalue weighted by Gasteiger charge is -2.29. The second kappa shape index (κ2) is 6.72. The third-order valence-electron chi connectivity index (χ3n) is 4.09. The molecular formula is C18H17Cl2NO. The number of carbonyl (C=O) groups excluding carboxylic acids is 1. The minimum atomic E-state index is 0.195. The molecule has 22 heavy (non-hydrogen) atoms. The summed E-state index contributed by atoms with van der Waals surface area (Å²) in [6.07, 6.45) is 2.13. The zero-order chi connectivity index (χ0) is 15.5. The van der Waals surface area contributed by atoms with Crippen LogP contribution in [0, 0.1) is 0 Å². The van der Waals surface area contributed by atoms with Gasteiger partial charge in [-0.15, -0.1) is 0 Å². The average Bonchev–Trinajstić information content (AvgIpc) is 2.55. The molecule has 2 nitrogen and oxygen atoms in total. The van der Waals surface area contributed by atoms with Gasteiger partial charge < -0.3 is 4.90 Å². The Balaban J connectivity index is 1.60. The lowest BCUT2D eigenvalue weighted by molar-refractivity contribution is -0.132. The molecule has 0 unspecified atom stereocenters. The normalized spacial score (nSPS) is 13.8. The minimum absolute atomic E-state index is 0.195. The molecule has 0 saturated heterocycles. The van der Waals surface area contributed by atoms with Crippen molar-refractivity contribution in [2.24, 2.45) is 0 Å². The third kappa shape index (κ3) is 3.45. The van der Waals surface area contributed by atoms with Crippen molar-refractivity contribution in [2.75, 3.05) is 6.54 Å². The molecule has 3 rings (SSSR count). The Labute approximate surface area is 140 Å². The smallest absolute Gasteiger partial charge is 0.223 e. The molecule has 1 amide bonds. The van der Waals surface area contributed by atoms with Crippen molar-refractivity contribution in [1.29, 1.82) is 0 Å². The summed E-state index contributed by atoms with van der Waals surface area (Å²) >= 11 is 11.9. The van der Waals surface area contributed by atoms with Crippen molar-refractivity contribution in [2.45, 2.75) is 25.8 Å². The standard InChI is InChI=1S/C18H17Cl2NO/c19-16-7-5-13(11-17(16)20)6-8-18(22)21-10-9-14-3-1-2-4-15(14)12-21/h1-5,7,11H,6,8-10,12H2. The van der Waals surface area contributed by atoms with E-state index in [0.717, 1.165) is 25.1 Å². The number of benzene rings is 2. The van der Waals surface area contributed by atoms with Crippen molar-refractivity contribution in [3.05, 3.63) is 69.2 Å². The van der Waals surface area contributed by atoms with Crippen molar-refractivity contribution in [1.82, 2.24) is 4.90 Å². The molecule has 114 valence electrons. The maximum Gasteiger partial charge on any atom is 0.223 e. The van der Waals surface area contributed by atoms with E-state index in [-0.39, 0.29) is 5.91 Å². The largest absolute Gasteiger partial charge is 0.338 e. The van der Waals surface area contributed by atoms with Gasteiger partial charge in [0.25, 0.3) is 0 Å². The second-order valence-corrected chi connectivity index (χ2v) is 6.40. The first-order valence-electron chi connectivity index (χ1n) is 7.42. The van der Waals surface area contributed by atoms with Crippen LogP contribution in [0.2, 0.25) is 10.0 Å². The van der Waals surface area contributed by atoms with E-state index < -0.39 is 0 Å². The first kappa shape index (κ1) is 15.4. The highest BCUT2D eigenvalue weighted by Gasteiger charge is 2.19. The third-order valence-corrected chi connectivity index (χ3v) is 4.83. The molecule has 1 aliphatic rings. The Morgan fingerprint density at radius 2 is 1.82 bits per heavy atom. The monoisotopic (exact) mass is 333 g/mol. The molecule has 2 aromatic carbocycles. The molecule has 4 heteroatoms. The summed E-state index contributed by atoms with van der Waals surface area (Å²) in [5.41, 5.74) is 3.66. The molecule has 0 spiro atoms. The van der Waals surface area contributed by atoms with Crippen LogP contribution in [0.1, 0.15) is 23.1 Å². The fourth-order valence-electron chi connectivity index (χ4n) is 2.81. The molecule has 0 aliphatic carbocycles. The number of amides is 1. The summed E-state index contributed by atoms with van der Waals surface area (Å²) in [6.45, 7) is 1.52. The molecule has 2 aromatic rings. The predicted molar refractivity (Wildman–Crippen MR) is 90.3 cm³/mol. The summed E-state index contributed by atoms with van der Waals surface area (Å²) in [5, 5.41) is 1.09. The Bertz CT molecular complexity index is 699. The first-order valence-corrected chi connectivity index (χ1v) is 8.17. The van der Waals surface area contributed by atoms with Gasteiger partial charge >= 0.3 is 0 Å². The van der Waals surface area contributed by atoms with Crippen LogP contribution in [-0.4, -0.2) is 17.4 Å². The number of rotatable bonds is 3. The van der Waals surface area contributed by atoms with E-state index in [9.17, 15) is 4.79 Å². The number of hydrogen-bond donors (Lipinski definition) is 0. The quantitative estimate of drug-likeness (QED) is 0.809. The Hall–Kier alpha value is -1.51. The van der Waals surface area contributed by atoms with E-state index in [1.807, 2.05) is 23.1 Å². The number of carbonyl (C=O) groups is 1. The zero-order valence-electron chi connectivity index (χ0n) is 12.2. The van der Waals surface area contributed by atoms with Gasteiger partial charge in [0.1, 0.15) is 0 Å². The number of fused-ring (bicyclic) bond motifs is 1. The number of nitrogens with zero attached hydrogens (tertiary/aromatic N) is 1. The molecular weight excluding hydrogens is 317 g/mol. The maximum atomic E-state index is 12.4. The molecule has 0 aromatic heterocycles. The topological polar surface area (TPSA) is 20.3 Å². The SMILES string of the molecule is O=C(CCc1ccc(Cl)c(Cl)c1)N1CCc2ccccc2C1. The number of halogens is 2. The Morgan fingerprint density at radius 3 is 2.59 bits per heavy atom. The Morgan fingerprint density at radius 1 is 1.05 bits per heavy atom. The summed E-state index contributed by atoms with van der Waals surface area (Å²) in [4.78, 5) is 14.3. The van der Waals surface area contributed by atoms with Crippen LogP contribution in [-0.2, 0) is 24.2 Å². The second-order valence-electron chi connectivity index (χ2n) is 5.58. The van der Waals surface area contributed by atoms with Crippen LogP contribution < -0.4 is 0 Å².